The van der Waals surface area contributed by atoms with Crippen molar-refractivity contribution in [3.8, 4) is 5.75 Å². The molecule has 0 aliphatic carbocycles. The monoisotopic (exact) mass is 479 g/mol. The number of hydrogen-bond donors (Lipinski definition) is 1. The van der Waals surface area contributed by atoms with Crippen LogP contribution in [0.25, 0.3) is 0 Å². The minimum absolute atomic E-state index is 0.0558. The van der Waals surface area contributed by atoms with Gasteiger partial charge in [-0.1, -0.05) is 30.7 Å². The normalized spacial score (nSPS) is 10.5. The number of halogens is 1. The summed E-state index contributed by atoms with van der Waals surface area (Å²) in [5.41, 5.74) is 3.55. The SMILES string of the molecule is CCCN(Cc1cc(NC(=O)c2ccccc2Cl)ccc1N(C)C)C(=O)c1ccc(OC)cc1. The maximum Gasteiger partial charge on any atom is 0.257 e. The van der Waals surface area contributed by atoms with Gasteiger partial charge in [0.1, 0.15) is 5.75 Å². The molecule has 0 heterocycles. The highest BCUT2D eigenvalue weighted by molar-refractivity contribution is 6.34. The predicted molar refractivity (Wildman–Crippen MR) is 138 cm³/mol. The minimum Gasteiger partial charge on any atom is -0.497 e. The third-order valence-corrected chi connectivity index (χ3v) is 5.75. The number of carbonyl (C=O) groups is 2. The molecule has 3 rings (SSSR count). The van der Waals surface area contributed by atoms with Crippen molar-refractivity contribution in [2.45, 2.75) is 19.9 Å². The van der Waals surface area contributed by atoms with Crippen molar-refractivity contribution in [2.24, 2.45) is 0 Å². The van der Waals surface area contributed by atoms with Crippen molar-refractivity contribution in [2.75, 3.05) is 38.0 Å². The van der Waals surface area contributed by atoms with Crippen LogP contribution in [0.2, 0.25) is 5.02 Å². The first kappa shape index (κ1) is 25.1. The molecule has 0 atom stereocenters. The quantitative estimate of drug-likeness (QED) is 0.426. The number of methoxy groups -OCH3 is 1. The Balaban J connectivity index is 1.88. The minimum atomic E-state index is -0.283. The van der Waals surface area contributed by atoms with E-state index in [1.807, 2.05) is 49.0 Å². The fraction of sp³-hybridized carbons (Fsp3) is 0.259. The number of anilines is 2. The maximum atomic E-state index is 13.3. The number of hydrogen-bond acceptors (Lipinski definition) is 4. The molecular formula is C27H30ClN3O3. The van der Waals surface area contributed by atoms with Gasteiger partial charge in [-0.05, 0) is 66.6 Å². The summed E-state index contributed by atoms with van der Waals surface area (Å²) in [4.78, 5) is 29.9. The lowest BCUT2D eigenvalue weighted by molar-refractivity contribution is 0.0743. The Morgan fingerprint density at radius 2 is 1.71 bits per heavy atom. The second kappa shape index (κ2) is 11.6. The van der Waals surface area contributed by atoms with Gasteiger partial charge in [0, 0.05) is 44.1 Å². The Kier molecular flexibility index (Phi) is 8.55. The maximum absolute atomic E-state index is 13.3. The van der Waals surface area contributed by atoms with Gasteiger partial charge in [-0.15, -0.1) is 0 Å². The van der Waals surface area contributed by atoms with Gasteiger partial charge in [0.25, 0.3) is 11.8 Å². The van der Waals surface area contributed by atoms with Crippen LogP contribution in [0, 0.1) is 0 Å². The molecule has 34 heavy (non-hydrogen) atoms. The number of carbonyl (C=O) groups excluding carboxylic acids is 2. The van der Waals surface area contributed by atoms with Crippen molar-refractivity contribution in [1.29, 1.82) is 0 Å². The topological polar surface area (TPSA) is 61.9 Å². The second-order valence-corrected chi connectivity index (χ2v) is 8.53. The van der Waals surface area contributed by atoms with Gasteiger partial charge < -0.3 is 19.9 Å². The molecule has 178 valence electrons. The Hall–Kier alpha value is -3.51. The van der Waals surface area contributed by atoms with E-state index >= 15 is 0 Å². The highest BCUT2D eigenvalue weighted by Crippen LogP contribution is 2.26. The number of ether oxygens (including phenoxy) is 1. The lowest BCUT2D eigenvalue weighted by Crippen LogP contribution is -2.32. The van der Waals surface area contributed by atoms with Crippen molar-refractivity contribution < 1.29 is 14.3 Å². The molecule has 3 aromatic rings. The number of amides is 2. The van der Waals surface area contributed by atoms with Gasteiger partial charge in [0.2, 0.25) is 0 Å². The van der Waals surface area contributed by atoms with Gasteiger partial charge in [-0.3, -0.25) is 9.59 Å². The summed E-state index contributed by atoms with van der Waals surface area (Å²) in [6, 6.07) is 19.7. The third kappa shape index (κ3) is 6.08. The van der Waals surface area contributed by atoms with Crippen LogP contribution < -0.4 is 15.0 Å². The molecule has 0 unspecified atom stereocenters. The predicted octanol–water partition coefficient (Wildman–Crippen LogP) is 5.72. The Morgan fingerprint density at radius 1 is 1.00 bits per heavy atom. The summed E-state index contributed by atoms with van der Waals surface area (Å²) in [5.74, 6) is 0.365. The van der Waals surface area contributed by atoms with Crippen molar-refractivity contribution in [1.82, 2.24) is 4.90 Å². The van der Waals surface area contributed by atoms with Crippen LogP contribution in [0.1, 0.15) is 39.6 Å². The van der Waals surface area contributed by atoms with Gasteiger partial charge in [-0.25, -0.2) is 0 Å². The van der Waals surface area contributed by atoms with Crippen molar-refractivity contribution in [3.63, 3.8) is 0 Å². The van der Waals surface area contributed by atoms with Crippen LogP contribution in [0.4, 0.5) is 11.4 Å². The molecule has 0 aromatic heterocycles. The fourth-order valence-corrected chi connectivity index (χ4v) is 3.94. The highest BCUT2D eigenvalue weighted by atomic mass is 35.5. The smallest absolute Gasteiger partial charge is 0.257 e. The molecule has 2 amide bonds. The van der Waals surface area contributed by atoms with Crippen LogP contribution in [0.15, 0.2) is 66.7 Å². The highest BCUT2D eigenvalue weighted by Gasteiger charge is 2.19. The molecule has 0 saturated carbocycles. The van der Waals surface area contributed by atoms with E-state index < -0.39 is 0 Å². The van der Waals surface area contributed by atoms with Gasteiger partial charge in [0.05, 0.1) is 17.7 Å². The van der Waals surface area contributed by atoms with Crippen molar-refractivity contribution in [3.05, 3.63) is 88.4 Å². The molecule has 6 nitrogen and oxygen atoms in total. The second-order valence-electron chi connectivity index (χ2n) is 8.13. The van der Waals surface area contributed by atoms with Gasteiger partial charge in [0.15, 0.2) is 0 Å². The largest absolute Gasteiger partial charge is 0.497 e. The van der Waals surface area contributed by atoms with Gasteiger partial charge >= 0.3 is 0 Å². The van der Waals surface area contributed by atoms with E-state index in [9.17, 15) is 9.59 Å². The average molecular weight is 480 g/mol. The summed E-state index contributed by atoms with van der Waals surface area (Å²) in [6.45, 7) is 3.05. The molecule has 1 N–H and O–H groups in total. The van der Waals surface area contributed by atoms with Crippen LogP contribution in [0.3, 0.4) is 0 Å². The lowest BCUT2D eigenvalue weighted by atomic mass is 10.1. The standard InChI is InChI=1S/C27H30ClN3O3/c1-5-16-31(27(33)19-10-13-22(34-4)14-11-19)18-20-17-21(12-15-25(20)30(2)3)29-26(32)23-8-6-7-9-24(23)28/h6-15,17H,5,16,18H2,1-4H3,(H,29,32). The fourth-order valence-electron chi connectivity index (χ4n) is 3.71. The number of benzene rings is 3. The zero-order chi connectivity index (χ0) is 24.7. The first-order valence-electron chi connectivity index (χ1n) is 11.1. The van der Waals surface area contributed by atoms with Crippen molar-refractivity contribution >= 4 is 34.8 Å². The zero-order valence-corrected chi connectivity index (χ0v) is 20.7. The zero-order valence-electron chi connectivity index (χ0n) is 20.0. The van der Waals surface area contributed by atoms with E-state index in [1.165, 1.54) is 0 Å². The van der Waals surface area contributed by atoms with E-state index in [2.05, 4.69) is 5.32 Å². The van der Waals surface area contributed by atoms with Crippen LogP contribution in [-0.4, -0.2) is 44.5 Å². The lowest BCUT2D eigenvalue weighted by Gasteiger charge is -2.26. The molecule has 0 radical (unpaired) electrons. The van der Waals surface area contributed by atoms with Crippen LogP contribution in [-0.2, 0) is 6.54 Å². The molecular weight excluding hydrogens is 450 g/mol. The van der Waals surface area contributed by atoms with E-state index in [1.54, 1.807) is 55.6 Å². The first-order valence-corrected chi connectivity index (χ1v) is 11.5. The summed E-state index contributed by atoms with van der Waals surface area (Å²) >= 11 is 6.18. The third-order valence-electron chi connectivity index (χ3n) is 5.42. The van der Waals surface area contributed by atoms with E-state index in [4.69, 9.17) is 16.3 Å². The van der Waals surface area contributed by atoms with E-state index in [0.29, 0.717) is 40.7 Å². The molecule has 7 heteroatoms. The Morgan fingerprint density at radius 3 is 2.32 bits per heavy atom. The first-order chi connectivity index (χ1) is 16.3. The summed E-state index contributed by atoms with van der Waals surface area (Å²) in [6.07, 6.45) is 0.822. The van der Waals surface area contributed by atoms with Crippen LogP contribution >= 0.6 is 11.6 Å². The Labute approximate surface area is 206 Å². The average Bonchev–Trinajstić information content (AvgIpc) is 2.83. The summed E-state index contributed by atoms with van der Waals surface area (Å²) in [5, 5.41) is 3.32. The van der Waals surface area contributed by atoms with E-state index in [-0.39, 0.29) is 11.8 Å². The molecule has 0 bridgehead atoms. The summed E-state index contributed by atoms with van der Waals surface area (Å²) in [7, 11) is 5.51. The summed E-state index contributed by atoms with van der Waals surface area (Å²) < 4.78 is 5.21. The number of nitrogens with zero attached hydrogens (tertiary/aromatic N) is 2. The molecule has 0 spiro atoms. The number of rotatable bonds is 9. The van der Waals surface area contributed by atoms with Gasteiger partial charge in [-0.2, -0.15) is 0 Å². The Bertz CT molecular complexity index is 1150. The molecule has 3 aromatic carbocycles. The van der Waals surface area contributed by atoms with E-state index in [0.717, 1.165) is 17.7 Å². The molecule has 0 saturated heterocycles. The molecule has 0 aliphatic rings. The molecule has 0 fully saturated rings. The van der Waals surface area contributed by atoms with Crippen LogP contribution in [0.5, 0.6) is 5.75 Å². The molecule has 0 aliphatic heterocycles. The number of nitrogens with one attached hydrogen (secondary N) is 1.